The topological polar surface area (TPSA) is 47.6 Å². The molecule has 14 heavy (non-hydrogen) atoms. The van der Waals surface area contributed by atoms with Crippen molar-refractivity contribution in [2.45, 2.75) is 25.3 Å². The van der Waals surface area contributed by atoms with Crippen molar-refractivity contribution < 1.29 is 14.3 Å². The van der Waals surface area contributed by atoms with Gasteiger partial charge in [-0.3, -0.25) is 10.1 Å². The molecule has 0 aromatic carbocycles. The highest BCUT2D eigenvalue weighted by molar-refractivity contribution is 5.81. The normalized spacial score (nSPS) is 20.2. The number of carbonyl (C=O) groups excluding carboxylic acids is 1. The summed E-state index contributed by atoms with van der Waals surface area (Å²) < 4.78 is 9.74. The number of rotatable bonds is 6. The summed E-state index contributed by atoms with van der Waals surface area (Å²) in [4.78, 5) is 11.6. The van der Waals surface area contributed by atoms with E-state index < -0.39 is 5.54 Å². The predicted molar refractivity (Wildman–Crippen MR) is 53.0 cm³/mol. The first-order valence-electron chi connectivity index (χ1n) is 4.97. The van der Waals surface area contributed by atoms with Gasteiger partial charge in [-0.05, 0) is 25.7 Å². The maximum atomic E-state index is 11.6. The summed E-state index contributed by atoms with van der Waals surface area (Å²) in [5, 5.41) is 3.21. The highest BCUT2D eigenvalue weighted by atomic mass is 16.5. The Balaban J connectivity index is 2.48. The van der Waals surface area contributed by atoms with Crippen LogP contribution in [0.1, 0.15) is 19.8 Å². The van der Waals surface area contributed by atoms with Gasteiger partial charge in [-0.15, -0.1) is 0 Å². The van der Waals surface area contributed by atoms with Gasteiger partial charge in [0.05, 0.1) is 13.7 Å². The van der Waals surface area contributed by atoms with Crippen molar-refractivity contribution in [3.63, 3.8) is 0 Å². The zero-order chi connectivity index (χ0) is 10.6. The van der Waals surface area contributed by atoms with Gasteiger partial charge >= 0.3 is 5.97 Å². The fourth-order valence-corrected chi connectivity index (χ4v) is 1.67. The lowest BCUT2D eigenvalue weighted by Gasteiger charge is -2.27. The van der Waals surface area contributed by atoms with Crippen molar-refractivity contribution in [2.24, 2.45) is 5.92 Å². The van der Waals surface area contributed by atoms with Gasteiger partial charge in [-0.1, -0.05) is 0 Å². The summed E-state index contributed by atoms with van der Waals surface area (Å²) in [7, 11) is 3.08. The van der Waals surface area contributed by atoms with E-state index in [1.165, 1.54) is 7.11 Å². The zero-order valence-electron chi connectivity index (χ0n) is 9.13. The molecule has 0 heterocycles. The highest BCUT2D eigenvalue weighted by Crippen LogP contribution is 2.40. The van der Waals surface area contributed by atoms with Gasteiger partial charge in [-0.2, -0.15) is 0 Å². The van der Waals surface area contributed by atoms with E-state index in [0.29, 0.717) is 19.1 Å². The molecular formula is C10H19NO3. The van der Waals surface area contributed by atoms with E-state index in [1.54, 1.807) is 7.11 Å². The molecule has 1 aliphatic rings. The molecule has 0 amide bonds. The van der Waals surface area contributed by atoms with Crippen LogP contribution in [0.25, 0.3) is 0 Å². The molecule has 82 valence electrons. The summed E-state index contributed by atoms with van der Waals surface area (Å²) in [6, 6.07) is 0. The Bertz CT molecular complexity index is 204. The van der Waals surface area contributed by atoms with Crippen molar-refractivity contribution in [1.29, 1.82) is 0 Å². The Morgan fingerprint density at radius 1 is 1.50 bits per heavy atom. The SMILES string of the molecule is COCCNC(C)(C(=O)OC)C1CC1. The maximum Gasteiger partial charge on any atom is 0.326 e. The zero-order valence-corrected chi connectivity index (χ0v) is 9.13. The molecule has 0 saturated heterocycles. The molecule has 1 atom stereocenters. The van der Waals surface area contributed by atoms with Crippen molar-refractivity contribution in [2.75, 3.05) is 27.4 Å². The van der Waals surface area contributed by atoms with Crippen LogP contribution in [0.15, 0.2) is 0 Å². The third kappa shape index (κ3) is 2.45. The van der Waals surface area contributed by atoms with E-state index in [0.717, 1.165) is 12.8 Å². The van der Waals surface area contributed by atoms with Crippen LogP contribution in [0, 0.1) is 5.92 Å². The number of carbonyl (C=O) groups is 1. The summed E-state index contributed by atoms with van der Waals surface area (Å²) >= 11 is 0. The molecule has 1 aliphatic carbocycles. The second kappa shape index (κ2) is 4.75. The fraction of sp³-hybridized carbons (Fsp3) is 0.900. The summed E-state index contributed by atoms with van der Waals surface area (Å²) in [6.45, 7) is 3.20. The largest absolute Gasteiger partial charge is 0.468 e. The number of hydrogen-bond donors (Lipinski definition) is 1. The van der Waals surface area contributed by atoms with Crippen LogP contribution in [0.2, 0.25) is 0 Å². The Kier molecular flexibility index (Phi) is 3.89. The lowest BCUT2D eigenvalue weighted by molar-refractivity contribution is -0.149. The molecule has 0 aliphatic heterocycles. The standard InChI is InChI=1S/C10H19NO3/c1-10(8-4-5-8,9(12)14-3)11-6-7-13-2/h8,11H,4-7H2,1-3H3. The van der Waals surface area contributed by atoms with Crippen LogP contribution >= 0.6 is 0 Å². The van der Waals surface area contributed by atoms with Gasteiger partial charge in [0, 0.05) is 13.7 Å². The Morgan fingerprint density at radius 3 is 2.57 bits per heavy atom. The molecule has 1 saturated carbocycles. The van der Waals surface area contributed by atoms with Crippen LogP contribution in [-0.4, -0.2) is 38.9 Å². The second-order valence-electron chi connectivity index (χ2n) is 3.89. The number of hydrogen-bond acceptors (Lipinski definition) is 4. The molecule has 1 N–H and O–H groups in total. The smallest absolute Gasteiger partial charge is 0.326 e. The van der Waals surface area contributed by atoms with Gasteiger partial charge in [0.1, 0.15) is 5.54 Å². The molecule has 1 fully saturated rings. The van der Waals surface area contributed by atoms with Crippen LogP contribution < -0.4 is 5.32 Å². The Hall–Kier alpha value is -0.610. The molecule has 0 bridgehead atoms. The molecule has 0 aromatic heterocycles. The predicted octanol–water partition coefficient (Wildman–Crippen LogP) is 0.564. The van der Waals surface area contributed by atoms with Crippen LogP contribution in [0.4, 0.5) is 0 Å². The van der Waals surface area contributed by atoms with E-state index in [-0.39, 0.29) is 5.97 Å². The molecule has 4 heteroatoms. The molecule has 4 nitrogen and oxygen atoms in total. The van der Waals surface area contributed by atoms with E-state index in [4.69, 9.17) is 9.47 Å². The lowest BCUT2D eigenvalue weighted by Crippen LogP contribution is -2.53. The third-order valence-electron chi connectivity index (χ3n) is 2.80. The first-order chi connectivity index (χ1) is 6.65. The van der Waals surface area contributed by atoms with Crippen molar-refractivity contribution in [1.82, 2.24) is 5.32 Å². The molecule has 0 radical (unpaired) electrons. The van der Waals surface area contributed by atoms with E-state index >= 15 is 0 Å². The minimum absolute atomic E-state index is 0.170. The van der Waals surface area contributed by atoms with Crippen LogP contribution in [0.3, 0.4) is 0 Å². The maximum absolute atomic E-state index is 11.6. The third-order valence-corrected chi connectivity index (χ3v) is 2.80. The Morgan fingerprint density at radius 2 is 2.14 bits per heavy atom. The van der Waals surface area contributed by atoms with Crippen LogP contribution in [0.5, 0.6) is 0 Å². The second-order valence-corrected chi connectivity index (χ2v) is 3.89. The molecular weight excluding hydrogens is 182 g/mol. The van der Waals surface area contributed by atoms with Gasteiger partial charge < -0.3 is 9.47 Å². The van der Waals surface area contributed by atoms with Crippen LogP contribution in [-0.2, 0) is 14.3 Å². The van der Waals surface area contributed by atoms with Gasteiger partial charge in [-0.25, -0.2) is 0 Å². The quantitative estimate of drug-likeness (QED) is 0.504. The minimum Gasteiger partial charge on any atom is -0.468 e. The van der Waals surface area contributed by atoms with Crippen molar-refractivity contribution >= 4 is 5.97 Å². The number of ether oxygens (including phenoxy) is 2. The lowest BCUT2D eigenvalue weighted by atomic mass is 9.96. The fourth-order valence-electron chi connectivity index (χ4n) is 1.67. The van der Waals surface area contributed by atoms with Gasteiger partial charge in [0.2, 0.25) is 0 Å². The van der Waals surface area contributed by atoms with E-state index in [2.05, 4.69) is 5.32 Å². The van der Waals surface area contributed by atoms with E-state index in [9.17, 15) is 4.79 Å². The van der Waals surface area contributed by atoms with Crippen molar-refractivity contribution in [3.05, 3.63) is 0 Å². The molecule has 1 unspecified atom stereocenters. The van der Waals surface area contributed by atoms with Gasteiger partial charge in [0.15, 0.2) is 0 Å². The number of esters is 1. The van der Waals surface area contributed by atoms with E-state index in [1.807, 2.05) is 6.92 Å². The first-order valence-corrected chi connectivity index (χ1v) is 4.97. The minimum atomic E-state index is -0.521. The molecule has 0 aromatic rings. The summed E-state index contributed by atoms with van der Waals surface area (Å²) in [6.07, 6.45) is 2.21. The highest BCUT2D eigenvalue weighted by Gasteiger charge is 2.47. The average Bonchev–Trinajstić information content (AvgIpc) is 3.00. The first kappa shape index (κ1) is 11.5. The van der Waals surface area contributed by atoms with Gasteiger partial charge in [0.25, 0.3) is 0 Å². The average molecular weight is 201 g/mol. The monoisotopic (exact) mass is 201 g/mol. The summed E-state index contributed by atoms with van der Waals surface area (Å²) in [5.74, 6) is 0.253. The Labute approximate surface area is 85.0 Å². The van der Waals surface area contributed by atoms with Crippen molar-refractivity contribution in [3.8, 4) is 0 Å². The molecule has 0 spiro atoms. The molecule has 1 rings (SSSR count). The number of nitrogens with one attached hydrogen (secondary N) is 1. The number of methoxy groups -OCH3 is 2. The summed E-state index contributed by atoms with van der Waals surface area (Å²) in [5.41, 5.74) is -0.521.